The molecular weight excluding hydrogens is 585 g/mol. The van der Waals surface area contributed by atoms with Crippen molar-refractivity contribution in [2.45, 2.75) is 55.7 Å². The quantitative estimate of drug-likeness (QED) is 0.290. The molecule has 2 N–H and O–H groups in total. The maximum absolute atomic E-state index is 13.4. The average Bonchev–Trinajstić information content (AvgIpc) is 3.36. The van der Waals surface area contributed by atoms with Gasteiger partial charge in [-0.25, -0.2) is 4.79 Å². The van der Waals surface area contributed by atoms with Gasteiger partial charge in [0.2, 0.25) is 5.91 Å². The monoisotopic (exact) mass is 611 g/mol. The van der Waals surface area contributed by atoms with E-state index in [1.54, 1.807) is 4.90 Å². The van der Waals surface area contributed by atoms with Crippen molar-refractivity contribution >= 4 is 69.4 Å². The second-order valence-electron chi connectivity index (χ2n) is 11.4. The Morgan fingerprint density at radius 1 is 1.05 bits per heavy atom. The van der Waals surface area contributed by atoms with Gasteiger partial charge in [-0.2, -0.15) is 0 Å². The highest BCUT2D eigenvalue weighted by molar-refractivity contribution is 6.39. The fourth-order valence-electron chi connectivity index (χ4n) is 6.55. The minimum absolute atomic E-state index is 0.0637. The Hall–Kier alpha value is -2.97. The van der Waals surface area contributed by atoms with Gasteiger partial charge in [0.05, 0.1) is 50.6 Å². The summed E-state index contributed by atoms with van der Waals surface area (Å²) >= 11 is 19.8. The van der Waals surface area contributed by atoms with E-state index in [0.717, 1.165) is 54.0 Å². The first-order valence-corrected chi connectivity index (χ1v) is 15.0. The van der Waals surface area contributed by atoms with E-state index < -0.39 is 17.4 Å². The number of nitrogens with zero attached hydrogens (tertiary/aromatic N) is 2. The number of rotatable bonds is 8. The van der Waals surface area contributed by atoms with Gasteiger partial charge < -0.3 is 20.1 Å². The summed E-state index contributed by atoms with van der Waals surface area (Å²) in [5, 5.41) is 14.3. The fourth-order valence-corrected chi connectivity index (χ4v) is 7.39. The predicted molar refractivity (Wildman–Crippen MR) is 161 cm³/mol. The molecule has 3 atom stereocenters. The molecule has 7 rings (SSSR count). The number of hydrogen-bond donors (Lipinski definition) is 2. The van der Waals surface area contributed by atoms with E-state index in [9.17, 15) is 14.7 Å². The van der Waals surface area contributed by atoms with Gasteiger partial charge in [-0.05, 0) is 73.6 Å². The van der Waals surface area contributed by atoms with E-state index in [2.05, 4.69) is 10.2 Å². The number of para-hydroxylation sites is 1. The van der Waals surface area contributed by atoms with E-state index in [4.69, 9.17) is 39.5 Å². The van der Waals surface area contributed by atoms with Gasteiger partial charge in [0, 0.05) is 17.9 Å². The van der Waals surface area contributed by atoms with Crippen molar-refractivity contribution in [3.05, 3.63) is 80.8 Å². The summed E-state index contributed by atoms with van der Waals surface area (Å²) in [4.78, 5) is 29.5. The van der Waals surface area contributed by atoms with Crippen LogP contribution in [-0.2, 0) is 26.2 Å². The van der Waals surface area contributed by atoms with Crippen LogP contribution in [0.5, 0.6) is 0 Å². The lowest BCUT2D eigenvalue weighted by atomic mass is 9.98. The Kier molecular flexibility index (Phi) is 6.62. The molecule has 3 aromatic carbocycles. The molecular formula is C31H28Cl3N3O4. The minimum Gasteiger partial charge on any atom is -0.480 e. The number of morpholine rings is 1. The molecule has 212 valence electrons. The van der Waals surface area contributed by atoms with Crippen molar-refractivity contribution in [2.75, 3.05) is 28.3 Å². The smallest absolute Gasteiger partial charge is 0.326 e. The highest BCUT2D eigenvalue weighted by atomic mass is 35.5. The number of carboxylic acids is 1. The van der Waals surface area contributed by atoms with Crippen LogP contribution < -0.4 is 15.1 Å². The zero-order valence-electron chi connectivity index (χ0n) is 22.1. The van der Waals surface area contributed by atoms with Gasteiger partial charge in [-0.3, -0.25) is 9.69 Å². The maximum Gasteiger partial charge on any atom is 0.326 e. The van der Waals surface area contributed by atoms with Gasteiger partial charge >= 0.3 is 5.97 Å². The summed E-state index contributed by atoms with van der Waals surface area (Å²) < 4.78 is 5.69. The topological polar surface area (TPSA) is 82.1 Å². The molecule has 4 aliphatic rings. The average molecular weight is 613 g/mol. The molecule has 10 heteroatoms. The molecule has 7 nitrogen and oxygen atoms in total. The first-order valence-electron chi connectivity index (χ1n) is 13.8. The second kappa shape index (κ2) is 10.1. The number of nitrogens with one attached hydrogen (secondary N) is 1. The van der Waals surface area contributed by atoms with Crippen molar-refractivity contribution in [2.24, 2.45) is 0 Å². The summed E-state index contributed by atoms with van der Waals surface area (Å²) in [5.41, 5.74) is 4.36. The Morgan fingerprint density at radius 3 is 2.39 bits per heavy atom. The third-order valence-corrected chi connectivity index (χ3v) is 9.78. The fraction of sp³-hybridized carbons (Fsp3) is 0.355. The van der Waals surface area contributed by atoms with E-state index in [-0.39, 0.29) is 12.0 Å². The SMILES string of the molecule is O=C(O)[C@H](CCc1ccc(N2C(=O)C3(CC3)c3cccc(Cl)c32)cc1)Nc1c(Cl)cc(N2CC3CC2CO3)cc1Cl. The van der Waals surface area contributed by atoms with Gasteiger partial charge in [-0.1, -0.05) is 59.1 Å². The van der Waals surface area contributed by atoms with Gasteiger partial charge in [0.1, 0.15) is 6.04 Å². The van der Waals surface area contributed by atoms with Gasteiger partial charge in [-0.15, -0.1) is 0 Å². The van der Waals surface area contributed by atoms with E-state index in [1.807, 2.05) is 54.6 Å². The molecule has 1 saturated carbocycles. The number of ether oxygens (including phenoxy) is 1. The third kappa shape index (κ3) is 4.54. The molecule has 3 fully saturated rings. The highest BCUT2D eigenvalue weighted by Crippen LogP contribution is 2.60. The van der Waals surface area contributed by atoms with Crippen LogP contribution in [0.15, 0.2) is 54.6 Å². The zero-order valence-corrected chi connectivity index (χ0v) is 24.3. The van der Waals surface area contributed by atoms with Gasteiger partial charge in [0.25, 0.3) is 0 Å². The van der Waals surface area contributed by atoms with E-state index in [0.29, 0.717) is 46.2 Å². The number of benzene rings is 3. The van der Waals surface area contributed by atoms with E-state index in [1.165, 1.54) is 0 Å². The molecule has 2 bridgehead atoms. The molecule has 0 radical (unpaired) electrons. The number of amides is 1. The summed E-state index contributed by atoms with van der Waals surface area (Å²) in [6, 6.07) is 16.4. The molecule has 2 unspecified atom stereocenters. The molecule has 1 spiro atoms. The van der Waals surface area contributed by atoms with E-state index >= 15 is 0 Å². The molecule has 2 saturated heterocycles. The van der Waals surface area contributed by atoms with Crippen LogP contribution in [0.25, 0.3) is 0 Å². The number of carbonyl (C=O) groups is 2. The Morgan fingerprint density at radius 2 is 1.78 bits per heavy atom. The number of hydrogen-bond acceptors (Lipinski definition) is 5. The number of anilines is 4. The van der Waals surface area contributed by atoms with Crippen LogP contribution >= 0.6 is 34.8 Å². The first kappa shape index (κ1) is 26.9. The van der Waals surface area contributed by atoms with Crippen molar-refractivity contribution in [1.82, 2.24) is 0 Å². The molecule has 3 aliphatic heterocycles. The Bertz CT molecular complexity index is 1540. The molecule has 1 aliphatic carbocycles. The zero-order chi connectivity index (χ0) is 28.5. The molecule has 3 heterocycles. The van der Waals surface area contributed by atoms with Crippen LogP contribution in [0.3, 0.4) is 0 Å². The predicted octanol–water partition coefficient (Wildman–Crippen LogP) is 6.83. The number of fused-ring (bicyclic) bond motifs is 4. The standard InChI is InChI=1S/C31H28Cl3N3O4/c32-23-3-1-2-22-28(23)37(30(40)31(22)10-11-31)18-7-4-17(5-8-18)6-9-26(29(38)39)35-27-24(33)13-19(14-25(27)34)36-15-21-12-20(36)16-41-21/h1-5,7-8,13-14,20-21,26,35H,6,9-12,15-16H2,(H,38,39)/t20?,21?,26-/m0/s1. The Labute approximate surface area is 252 Å². The summed E-state index contributed by atoms with van der Waals surface area (Å²) in [6.07, 6.45) is 3.72. The lowest BCUT2D eigenvalue weighted by molar-refractivity contribution is -0.138. The number of aryl methyl sites for hydroxylation is 1. The summed E-state index contributed by atoms with van der Waals surface area (Å²) in [5.74, 6) is -0.927. The van der Waals surface area contributed by atoms with Crippen LogP contribution in [-0.4, -0.2) is 48.3 Å². The normalized spacial score (nSPS) is 22.4. The van der Waals surface area contributed by atoms with Crippen molar-refractivity contribution in [3.63, 3.8) is 0 Å². The highest BCUT2D eigenvalue weighted by Gasteiger charge is 2.60. The minimum atomic E-state index is -0.990. The number of carboxylic acid groups (broad SMARTS) is 1. The summed E-state index contributed by atoms with van der Waals surface area (Å²) in [7, 11) is 0. The maximum atomic E-state index is 13.4. The largest absolute Gasteiger partial charge is 0.480 e. The van der Waals surface area contributed by atoms with Crippen molar-refractivity contribution in [3.8, 4) is 0 Å². The first-order chi connectivity index (χ1) is 19.7. The third-order valence-electron chi connectivity index (χ3n) is 8.88. The molecule has 41 heavy (non-hydrogen) atoms. The molecule has 3 aromatic rings. The number of carbonyl (C=O) groups excluding carboxylic acids is 1. The van der Waals surface area contributed by atoms with Crippen molar-refractivity contribution < 1.29 is 19.4 Å². The van der Waals surface area contributed by atoms with Crippen molar-refractivity contribution in [1.29, 1.82) is 0 Å². The van der Waals surface area contributed by atoms with Gasteiger partial charge in [0.15, 0.2) is 0 Å². The molecule has 1 amide bonds. The summed E-state index contributed by atoms with van der Waals surface area (Å²) in [6.45, 7) is 1.49. The lowest BCUT2D eigenvalue weighted by Gasteiger charge is -2.30. The molecule has 0 aromatic heterocycles. The van der Waals surface area contributed by atoms with Crippen LogP contribution in [0.2, 0.25) is 15.1 Å². The number of halogens is 3. The van der Waals surface area contributed by atoms with Crippen LogP contribution in [0, 0.1) is 0 Å². The van der Waals surface area contributed by atoms with Crippen LogP contribution in [0.4, 0.5) is 22.7 Å². The number of aliphatic carboxylic acids is 1. The van der Waals surface area contributed by atoms with Crippen LogP contribution in [0.1, 0.15) is 36.8 Å². The Balaban J connectivity index is 1.05. The second-order valence-corrected chi connectivity index (χ2v) is 12.6. The lowest BCUT2D eigenvalue weighted by Crippen LogP contribution is -2.37.